The Morgan fingerprint density at radius 2 is 1.63 bits per heavy atom. The third-order valence-corrected chi connectivity index (χ3v) is 3.33. The number of phenols is 1. The Hall–Kier alpha value is -1.22. The minimum Gasteiger partial charge on any atom is -0.507 e. The summed E-state index contributed by atoms with van der Waals surface area (Å²) in [6.07, 6.45) is 0. The highest BCUT2D eigenvalue weighted by atomic mass is 35.5. The third kappa shape index (κ3) is 3.41. The van der Waals surface area contributed by atoms with Gasteiger partial charge in [0.1, 0.15) is 5.75 Å². The van der Waals surface area contributed by atoms with Crippen molar-refractivity contribution in [1.29, 1.82) is 0 Å². The summed E-state index contributed by atoms with van der Waals surface area (Å²) in [5, 5.41) is 11.4. The molecule has 0 amide bonds. The van der Waals surface area contributed by atoms with Crippen LogP contribution in [0.25, 0.3) is 0 Å². The molecule has 0 saturated carbocycles. The van der Waals surface area contributed by atoms with Crippen LogP contribution in [0.2, 0.25) is 15.1 Å². The van der Waals surface area contributed by atoms with Gasteiger partial charge in [-0.2, -0.15) is 0 Å². The zero-order chi connectivity index (χ0) is 14.0. The van der Waals surface area contributed by atoms with Crippen molar-refractivity contribution < 1.29 is 5.11 Å². The predicted octanol–water partition coefficient (Wildman–Crippen LogP) is 5.49. The van der Waals surface area contributed by atoms with Gasteiger partial charge in [-0.3, -0.25) is 4.99 Å². The van der Waals surface area contributed by atoms with Crippen LogP contribution in [-0.4, -0.2) is 10.8 Å². The van der Waals surface area contributed by atoms with Gasteiger partial charge in [-0.05, 0) is 43.3 Å². The molecule has 0 aliphatic rings. The lowest BCUT2D eigenvalue weighted by atomic mass is 10.1. The average molecular weight is 315 g/mol. The monoisotopic (exact) mass is 313 g/mol. The van der Waals surface area contributed by atoms with Crippen LogP contribution in [0, 0.1) is 0 Å². The topological polar surface area (TPSA) is 32.6 Å². The first-order valence-electron chi connectivity index (χ1n) is 5.46. The van der Waals surface area contributed by atoms with Gasteiger partial charge in [0.15, 0.2) is 0 Å². The molecule has 19 heavy (non-hydrogen) atoms. The first-order chi connectivity index (χ1) is 8.97. The lowest BCUT2D eigenvalue weighted by molar-refractivity contribution is 0.474. The minimum atomic E-state index is 0.115. The molecule has 0 bridgehead atoms. The summed E-state index contributed by atoms with van der Waals surface area (Å²) in [6, 6.07) is 9.81. The van der Waals surface area contributed by atoms with E-state index in [2.05, 4.69) is 4.99 Å². The van der Waals surface area contributed by atoms with E-state index in [4.69, 9.17) is 34.8 Å². The molecule has 0 unspecified atom stereocenters. The number of benzene rings is 2. The largest absolute Gasteiger partial charge is 0.507 e. The molecule has 5 heteroatoms. The summed E-state index contributed by atoms with van der Waals surface area (Å²) in [7, 11) is 0. The Kier molecular flexibility index (Phi) is 4.35. The summed E-state index contributed by atoms with van der Waals surface area (Å²) in [5.74, 6) is 0.115. The standard InChI is InChI=1S/C14H10Cl3NO/c1-8(11-6-9(15)3-5-14(11)19)18-13-7-10(16)2-4-12(13)17/h2-7,19H,1H3. The van der Waals surface area contributed by atoms with Gasteiger partial charge in [0.2, 0.25) is 0 Å². The molecule has 0 atom stereocenters. The van der Waals surface area contributed by atoms with Gasteiger partial charge in [-0.1, -0.05) is 34.8 Å². The van der Waals surface area contributed by atoms with Gasteiger partial charge in [-0.25, -0.2) is 0 Å². The van der Waals surface area contributed by atoms with Crippen molar-refractivity contribution in [3.8, 4) is 5.75 Å². The Morgan fingerprint density at radius 3 is 2.37 bits per heavy atom. The molecule has 0 heterocycles. The van der Waals surface area contributed by atoms with E-state index in [0.717, 1.165) is 0 Å². The van der Waals surface area contributed by atoms with E-state index in [1.165, 1.54) is 6.07 Å². The van der Waals surface area contributed by atoms with E-state index in [9.17, 15) is 5.11 Å². The SMILES string of the molecule is CC(=Nc1cc(Cl)ccc1Cl)c1cc(Cl)ccc1O. The van der Waals surface area contributed by atoms with E-state index in [1.807, 2.05) is 0 Å². The lowest BCUT2D eigenvalue weighted by Crippen LogP contribution is -1.94. The number of aromatic hydroxyl groups is 1. The number of hydrogen-bond acceptors (Lipinski definition) is 2. The highest BCUT2D eigenvalue weighted by Crippen LogP contribution is 2.30. The Morgan fingerprint density at radius 1 is 1.00 bits per heavy atom. The van der Waals surface area contributed by atoms with Crippen LogP contribution in [0.1, 0.15) is 12.5 Å². The first-order valence-corrected chi connectivity index (χ1v) is 6.60. The highest BCUT2D eigenvalue weighted by Gasteiger charge is 2.07. The van der Waals surface area contributed by atoms with Crippen LogP contribution < -0.4 is 0 Å². The predicted molar refractivity (Wildman–Crippen MR) is 81.4 cm³/mol. The van der Waals surface area contributed by atoms with Gasteiger partial charge in [0.05, 0.1) is 10.7 Å². The highest BCUT2D eigenvalue weighted by molar-refractivity contribution is 6.35. The molecule has 2 rings (SSSR count). The van der Waals surface area contributed by atoms with Crippen molar-refractivity contribution in [2.24, 2.45) is 4.99 Å². The maximum atomic E-state index is 9.81. The zero-order valence-electron chi connectivity index (χ0n) is 9.99. The van der Waals surface area contributed by atoms with Crippen molar-refractivity contribution >= 4 is 46.2 Å². The fourth-order valence-corrected chi connectivity index (χ4v) is 2.11. The molecule has 0 aliphatic heterocycles. The molecule has 2 aromatic rings. The Bertz CT molecular complexity index is 653. The second kappa shape index (κ2) is 5.83. The summed E-state index contributed by atoms with van der Waals surface area (Å²) in [6.45, 7) is 1.77. The van der Waals surface area contributed by atoms with Crippen LogP contribution in [0.4, 0.5) is 5.69 Å². The average Bonchev–Trinajstić information content (AvgIpc) is 2.36. The van der Waals surface area contributed by atoms with E-state index < -0.39 is 0 Å². The molecule has 2 aromatic carbocycles. The molecule has 0 saturated heterocycles. The molecule has 0 aliphatic carbocycles. The first kappa shape index (κ1) is 14.2. The molecule has 98 valence electrons. The summed E-state index contributed by atoms with van der Waals surface area (Å²) in [4.78, 5) is 4.37. The van der Waals surface area contributed by atoms with Crippen molar-refractivity contribution in [1.82, 2.24) is 0 Å². The number of phenolic OH excluding ortho intramolecular Hbond substituents is 1. The molecule has 0 spiro atoms. The molecule has 2 nitrogen and oxygen atoms in total. The van der Waals surface area contributed by atoms with Gasteiger partial charge in [0, 0.05) is 21.3 Å². The maximum Gasteiger partial charge on any atom is 0.124 e. The van der Waals surface area contributed by atoms with Gasteiger partial charge >= 0.3 is 0 Å². The molecule has 0 fully saturated rings. The van der Waals surface area contributed by atoms with Crippen molar-refractivity contribution in [2.45, 2.75) is 6.92 Å². The maximum absolute atomic E-state index is 9.81. The fourth-order valence-electron chi connectivity index (χ4n) is 1.61. The van der Waals surface area contributed by atoms with Gasteiger partial charge in [-0.15, -0.1) is 0 Å². The van der Waals surface area contributed by atoms with Crippen LogP contribution in [-0.2, 0) is 0 Å². The van der Waals surface area contributed by atoms with Crippen molar-refractivity contribution in [3.63, 3.8) is 0 Å². The van der Waals surface area contributed by atoms with Crippen molar-refractivity contribution in [3.05, 3.63) is 57.0 Å². The Balaban J connectivity index is 2.48. The Labute approximate surface area is 126 Å². The third-order valence-electron chi connectivity index (χ3n) is 2.54. The number of hydrogen-bond donors (Lipinski definition) is 1. The molecular formula is C14H10Cl3NO. The van der Waals surface area contributed by atoms with Crippen LogP contribution in [0.5, 0.6) is 5.75 Å². The minimum absolute atomic E-state index is 0.115. The fraction of sp³-hybridized carbons (Fsp3) is 0.0714. The van der Waals surface area contributed by atoms with Crippen molar-refractivity contribution in [2.75, 3.05) is 0 Å². The second-order valence-electron chi connectivity index (χ2n) is 3.95. The summed E-state index contributed by atoms with van der Waals surface area (Å²) >= 11 is 17.9. The molecule has 0 radical (unpaired) electrons. The smallest absolute Gasteiger partial charge is 0.124 e. The number of aliphatic imine (C=N–C) groups is 1. The normalized spacial score (nSPS) is 11.7. The lowest BCUT2D eigenvalue weighted by Gasteiger charge is -2.06. The summed E-state index contributed by atoms with van der Waals surface area (Å²) < 4.78 is 0. The van der Waals surface area contributed by atoms with Gasteiger partial charge < -0.3 is 5.11 Å². The molecule has 0 aromatic heterocycles. The molecule has 1 N–H and O–H groups in total. The second-order valence-corrected chi connectivity index (χ2v) is 5.23. The van der Waals surface area contributed by atoms with E-state index in [-0.39, 0.29) is 5.75 Å². The van der Waals surface area contributed by atoms with Gasteiger partial charge in [0.25, 0.3) is 0 Å². The number of rotatable bonds is 2. The van der Waals surface area contributed by atoms with Crippen LogP contribution in [0.3, 0.4) is 0 Å². The van der Waals surface area contributed by atoms with E-state index in [0.29, 0.717) is 32.0 Å². The van der Waals surface area contributed by atoms with Crippen LogP contribution >= 0.6 is 34.8 Å². The molecular weight excluding hydrogens is 305 g/mol. The summed E-state index contributed by atoms with van der Waals surface area (Å²) in [5.41, 5.74) is 1.71. The van der Waals surface area contributed by atoms with E-state index >= 15 is 0 Å². The number of nitrogens with zero attached hydrogens (tertiary/aromatic N) is 1. The van der Waals surface area contributed by atoms with E-state index in [1.54, 1.807) is 37.3 Å². The number of halogens is 3. The quantitative estimate of drug-likeness (QED) is 0.730. The van der Waals surface area contributed by atoms with Crippen LogP contribution in [0.15, 0.2) is 41.4 Å². The zero-order valence-corrected chi connectivity index (χ0v) is 12.3.